The van der Waals surface area contributed by atoms with Gasteiger partial charge in [-0.3, -0.25) is 9.48 Å². The standard InChI is InChI=1S/C20H21N3O2/c1-14-6-4-5-7-19(14)25-13-16-8-9-17(15(2)12-16)22-20(24)18-10-11-21-23(18)3/h4-12H,13H2,1-3H3,(H,22,24). The fraction of sp³-hybridized carbons (Fsp3) is 0.200. The predicted molar refractivity (Wildman–Crippen MR) is 97.9 cm³/mol. The van der Waals surface area contributed by atoms with Gasteiger partial charge in [0.2, 0.25) is 0 Å². The smallest absolute Gasteiger partial charge is 0.273 e. The number of aryl methyl sites for hydroxylation is 3. The predicted octanol–water partition coefficient (Wildman–Crippen LogP) is 3.87. The summed E-state index contributed by atoms with van der Waals surface area (Å²) in [6.07, 6.45) is 1.60. The van der Waals surface area contributed by atoms with Gasteiger partial charge >= 0.3 is 0 Å². The van der Waals surface area contributed by atoms with Crippen LogP contribution < -0.4 is 10.1 Å². The van der Waals surface area contributed by atoms with E-state index in [-0.39, 0.29) is 5.91 Å². The number of benzene rings is 2. The third-order valence-electron chi connectivity index (χ3n) is 4.08. The molecule has 0 radical (unpaired) electrons. The van der Waals surface area contributed by atoms with E-state index in [2.05, 4.69) is 10.4 Å². The summed E-state index contributed by atoms with van der Waals surface area (Å²) in [7, 11) is 1.74. The number of nitrogens with one attached hydrogen (secondary N) is 1. The van der Waals surface area contributed by atoms with Crippen molar-refractivity contribution < 1.29 is 9.53 Å². The second-order valence-corrected chi connectivity index (χ2v) is 6.00. The van der Waals surface area contributed by atoms with Crippen LogP contribution in [0.2, 0.25) is 0 Å². The number of para-hydroxylation sites is 1. The van der Waals surface area contributed by atoms with Crippen LogP contribution in [0.4, 0.5) is 5.69 Å². The van der Waals surface area contributed by atoms with E-state index < -0.39 is 0 Å². The lowest BCUT2D eigenvalue weighted by molar-refractivity contribution is 0.101. The minimum absolute atomic E-state index is 0.174. The maximum absolute atomic E-state index is 12.3. The number of aromatic nitrogens is 2. The SMILES string of the molecule is Cc1cc(COc2ccccc2C)ccc1NC(=O)c1ccnn1C. The van der Waals surface area contributed by atoms with Gasteiger partial charge < -0.3 is 10.1 Å². The lowest BCUT2D eigenvalue weighted by Gasteiger charge is -2.12. The van der Waals surface area contributed by atoms with Crippen molar-refractivity contribution in [2.24, 2.45) is 7.05 Å². The molecule has 128 valence electrons. The first kappa shape index (κ1) is 16.8. The number of carbonyl (C=O) groups is 1. The zero-order valence-electron chi connectivity index (χ0n) is 14.6. The second kappa shape index (κ2) is 7.21. The first-order valence-corrected chi connectivity index (χ1v) is 8.12. The molecular formula is C20H21N3O2. The van der Waals surface area contributed by atoms with Gasteiger partial charge in [-0.15, -0.1) is 0 Å². The van der Waals surface area contributed by atoms with Crippen molar-refractivity contribution in [3.05, 3.63) is 77.1 Å². The molecule has 5 heteroatoms. The van der Waals surface area contributed by atoms with E-state index in [1.165, 1.54) is 0 Å². The van der Waals surface area contributed by atoms with Gasteiger partial charge in [-0.05, 0) is 48.7 Å². The van der Waals surface area contributed by atoms with Gasteiger partial charge in [0.25, 0.3) is 5.91 Å². The third-order valence-corrected chi connectivity index (χ3v) is 4.08. The Hall–Kier alpha value is -3.08. The van der Waals surface area contributed by atoms with Gasteiger partial charge in [-0.25, -0.2) is 0 Å². The Morgan fingerprint density at radius 1 is 1.12 bits per heavy atom. The summed E-state index contributed by atoms with van der Waals surface area (Å²) in [5.41, 5.74) is 4.46. The molecule has 0 aliphatic rings. The van der Waals surface area contributed by atoms with E-state index in [0.29, 0.717) is 12.3 Å². The molecule has 2 aromatic carbocycles. The Balaban J connectivity index is 1.68. The van der Waals surface area contributed by atoms with Gasteiger partial charge in [0.05, 0.1) is 0 Å². The fourth-order valence-corrected chi connectivity index (χ4v) is 2.62. The Bertz CT molecular complexity index is 899. The summed E-state index contributed by atoms with van der Waals surface area (Å²) in [6.45, 7) is 4.48. The average molecular weight is 335 g/mol. The van der Waals surface area contributed by atoms with Crippen molar-refractivity contribution in [3.63, 3.8) is 0 Å². The molecule has 1 amide bonds. The van der Waals surface area contributed by atoms with Crippen LogP contribution in [0.15, 0.2) is 54.7 Å². The third kappa shape index (κ3) is 3.88. The van der Waals surface area contributed by atoms with Crippen LogP contribution in [0.25, 0.3) is 0 Å². The van der Waals surface area contributed by atoms with Gasteiger partial charge in [0.1, 0.15) is 18.1 Å². The number of ether oxygens (including phenoxy) is 1. The van der Waals surface area contributed by atoms with Crippen molar-refractivity contribution in [1.29, 1.82) is 0 Å². The molecule has 1 aromatic heterocycles. The van der Waals surface area contributed by atoms with E-state index >= 15 is 0 Å². The highest BCUT2D eigenvalue weighted by Gasteiger charge is 2.11. The molecule has 3 rings (SSSR count). The highest BCUT2D eigenvalue weighted by atomic mass is 16.5. The van der Waals surface area contributed by atoms with E-state index in [1.807, 2.05) is 56.3 Å². The van der Waals surface area contributed by atoms with Crippen LogP contribution >= 0.6 is 0 Å². The lowest BCUT2D eigenvalue weighted by Crippen LogP contribution is -2.16. The molecule has 0 bridgehead atoms. The number of hydrogen-bond donors (Lipinski definition) is 1. The molecule has 0 saturated carbocycles. The minimum Gasteiger partial charge on any atom is -0.489 e. The summed E-state index contributed by atoms with van der Waals surface area (Å²) in [5.74, 6) is 0.709. The molecule has 0 aliphatic carbocycles. The second-order valence-electron chi connectivity index (χ2n) is 6.00. The van der Waals surface area contributed by atoms with Crippen molar-refractivity contribution in [2.75, 3.05) is 5.32 Å². The first-order valence-electron chi connectivity index (χ1n) is 8.12. The Morgan fingerprint density at radius 3 is 2.60 bits per heavy atom. The zero-order chi connectivity index (χ0) is 17.8. The van der Waals surface area contributed by atoms with E-state index in [9.17, 15) is 4.79 Å². The van der Waals surface area contributed by atoms with Gasteiger partial charge in [0, 0.05) is 18.9 Å². The molecule has 0 atom stereocenters. The summed E-state index contributed by atoms with van der Waals surface area (Å²) in [6, 6.07) is 15.5. The lowest BCUT2D eigenvalue weighted by atomic mass is 10.1. The monoisotopic (exact) mass is 335 g/mol. The number of nitrogens with zero attached hydrogens (tertiary/aromatic N) is 2. The highest BCUT2D eigenvalue weighted by molar-refractivity contribution is 6.03. The first-order chi connectivity index (χ1) is 12.0. The number of anilines is 1. The molecule has 0 aliphatic heterocycles. The fourth-order valence-electron chi connectivity index (χ4n) is 2.62. The van der Waals surface area contributed by atoms with E-state index in [0.717, 1.165) is 28.1 Å². The van der Waals surface area contributed by atoms with Crippen LogP contribution in [0.5, 0.6) is 5.75 Å². The number of carbonyl (C=O) groups excluding carboxylic acids is 1. The largest absolute Gasteiger partial charge is 0.489 e. The molecule has 5 nitrogen and oxygen atoms in total. The van der Waals surface area contributed by atoms with Crippen molar-refractivity contribution >= 4 is 11.6 Å². The van der Waals surface area contributed by atoms with Crippen LogP contribution in [-0.4, -0.2) is 15.7 Å². The number of rotatable bonds is 5. The van der Waals surface area contributed by atoms with E-state index in [1.54, 1.807) is 24.0 Å². The molecule has 25 heavy (non-hydrogen) atoms. The van der Waals surface area contributed by atoms with Crippen LogP contribution in [0, 0.1) is 13.8 Å². The molecule has 3 aromatic rings. The Labute approximate surface area is 147 Å². The molecule has 0 saturated heterocycles. The van der Waals surface area contributed by atoms with E-state index in [4.69, 9.17) is 4.74 Å². The van der Waals surface area contributed by atoms with Gasteiger partial charge in [0.15, 0.2) is 0 Å². The highest BCUT2D eigenvalue weighted by Crippen LogP contribution is 2.21. The van der Waals surface area contributed by atoms with Crippen molar-refractivity contribution in [2.45, 2.75) is 20.5 Å². The number of amides is 1. The molecule has 0 fully saturated rings. The van der Waals surface area contributed by atoms with Gasteiger partial charge in [-0.2, -0.15) is 5.10 Å². The summed E-state index contributed by atoms with van der Waals surface area (Å²) >= 11 is 0. The van der Waals surface area contributed by atoms with Crippen LogP contribution in [0.1, 0.15) is 27.2 Å². The minimum atomic E-state index is -0.174. The zero-order valence-corrected chi connectivity index (χ0v) is 14.6. The van der Waals surface area contributed by atoms with Crippen LogP contribution in [0.3, 0.4) is 0 Å². The summed E-state index contributed by atoms with van der Waals surface area (Å²) in [5, 5.41) is 6.94. The number of hydrogen-bond acceptors (Lipinski definition) is 3. The Kier molecular flexibility index (Phi) is 4.84. The quantitative estimate of drug-likeness (QED) is 0.770. The molecule has 0 unspecified atom stereocenters. The topological polar surface area (TPSA) is 56.1 Å². The summed E-state index contributed by atoms with van der Waals surface area (Å²) in [4.78, 5) is 12.3. The normalized spacial score (nSPS) is 10.5. The molecule has 1 N–H and O–H groups in total. The van der Waals surface area contributed by atoms with Crippen molar-refractivity contribution in [3.8, 4) is 5.75 Å². The van der Waals surface area contributed by atoms with Crippen LogP contribution in [-0.2, 0) is 13.7 Å². The maximum Gasteiger partial charge on any atom is 0.273 e. The Morgan fingerprint density at radius 2 is 1.92 bits per heavy atom. The maximum atomic E-state index is 12.3. The molecule has 0 spiro atoms. The molecule has 1 heterocycles. The molecular weight excluding hydrogens is 314 g/mol. The van der Waals surface area contributed by atoms with Gasteiger partial charge in [-0.1, -0.05) is 30.3 Å². The van der Waals surface area contributed by atoms with Crippen molar-refractivity contribution in [1.82, 2.24) is 9.78 Å². The summed E-state index contributed by atoms with van der Waals surface area (Å²) < 4.78 is 7.43. The average Bonchev–Trinajstić information content (AvgIpc) is 3.02.